The van der Waals surface area contributed by atoms with E-state index in [1.165, 1.54) is 0 Å². The van der Waals surface area contributed by atoms with E-state index in [0.29, 0.717) is 0 Å². The molecule has 0 saturated carbocycles. The maximum absolute atomic E-state index is 11.0. The molecule has 5 nitrogen and oxygen atoms in total. The summed E-state index contributed by atoms with van der Waals surface area (Å²) >= 11 is 0. The summed E-state index contributed by atoms with van der Waals surface area (Å²) in [7, 11) is 0. The maximum atomic E-state index is 11.0. The molecule has 0 aromatic heterocycles. The molecule has 0 rings (SSSR count). The number of primary amides is 1. The molecule has 0 aromatic carbocycles. The molecule has 0 saturated heterocycles. The van der Waals surface area contributed by atoms with Gasteiger partial charge < -0.3 is 16.8 Å². The second-order valence-corrected chi connectivity index (χ2v) is 3.90. The fourth-order valence-corrected chi connectivity index (χ4v) is 1.02. The Kier molecular flexibility index (Phi) is 4.97. The normalized spacial score (nSPS) is 14.6. The van der Waals surface area contributed by atoms with Gasteiger partial charge >= 0.3 is 0 Å². The number of guanidine groups is 1. The fourth-order valence-electron chi connectivity index (χ4n) is 1.02. The van der Waals surface area contributed by atoms with Crippen LogP contribution in [0.15, 0.2) is 4.99 Å². The monoisotopic (exact) mass is 200 g/mol. The number of nitrogens with zero attached hydrogens (tertiary/aromatic N) is 1. The van der Waals surface area contributed by atoms with E-state index in [0.717, 1.165) is 0 Å². The van der Waals surface area contributed by atoms with Gasteiger partial charge in [-0.3, -0.25) is 4.79 Å². The number of hydrogen-bond donors (Lipinski definition) is 3. The van der Waals surface area contributed by atoms with Crippen LogP contribution in [-0.2, 0) is 4.79 Å². The molecule has 14 heavy (non-hydrogen) atoms. The fraction of sp³-hybridized carbons (Fsp3) is 0.778. The first-order valence-corrected chi connectivity index (χ1v) is 4.73. The Hall–Kier alpha value is -1.26. The highest BCUT2D eigenvalue weighted by Gasteiger charge is 2.18. The highest BCUT2D eigenvalue weighted by Crippen LogP contribution is 2.04. The van der Waals surface area contributed by atoms with Crippen molar-refractivity contribution in [1.29, 1.82) is 0 Å². The molecule has 0 aliphatic carbocycles. The number of aliphatic imine (C=N–C) groups is 1. The van der Waals surface area contributed by atoms with Gasteiger partial charge in [0.15, 0.2) is 5.96 Å². The molecule has 1 amide bonds. The summed E-state index contributed by atoms with van der Waals surface area (Å²) < 4.78 is 0. The van der Waals surface area contributed by atoms with Gasteiger partial charge in [0.1, 0.15) is 6.04 Å². The molecule has 1 atom stereocenters. The molecule has 0 aliphatic heterocycles. The number of hydrogen-bond acceptors (Lipinski definition) is 2. The Bertz CT molecular complexity index is 223. The largest absolute Gasteiger partial charge is 0.370 e. The standard InChI is InChI=1S/C9H20N4O/c1-5(2)7(8(10)14)13-9(11)12-6(3)4/h5-7H,1-4H3,(H2,10,14)(H3,11,12,13). The Morgan fingerprint density at radius 1 is 1.21 bits per heavy atom. The molecule has 0 aliphatic rings. The van der Waals surface area contributed by atoms with Crippen LogP contribution in [-0.4, -0.2) is 24.0 Å². The molecule has 0 aromatic rings. The van der Waals surface area contributed by atoms with E-state index in [9.17, 15) is 4.79 Å². The summed E-state index contributed by atoms with van der Waals surface area (Å²) in [6.45, 7) is 7.64. The van der Waals surface area contributed by atoms with Crippen LogP contribution in [0.25, 0.3) is 0 Å². The minimum Gasteiger partial charge on any atom is -0.370 e. The third-order valence-electron chi connectivity index (χ3n) is 1.64. The molecular weight excluding hydrogens is 180 g/mol. The first-order chi connectivity index (χ1) is 6.34. The number of nitrogens with one attached hydrogen (secondary N) is 1. The predicted octanol–water partition coefficient (Wildman–Crippen LogP) is -0.191. The molecule has 0 fully saturated rings. The van der Waals surface area contributed by atoms with Gasteiger partial charge in [0.25, 0.3) is 0 Å². The smallest absolute Gasteiger partial charge is 0.242 e. The molecular formula is C9H20N4O. The predicted molar refractivity (Wildman–Crippen MR) is 57.7 cm³/mol. The van der Waals surface area contributed by atoms with E-state index in [4.69, 9.17) is 11.5 Å². The topological polar surface area (TPSA) is 93.5 Å². The number of amides is 1. The van der Waals surface area contributed by atoms with Gasteiger partial charge in [-0.25, -0.2) is 4.99 Å². The molecule has 0 heterocycles. The van der Waals surface area contributed by atoms with Crippen molar-refractivity contribution in [2.24, 2.45) is 22.4 Å². The summed E-state index contributed by atoms with van der Waals surface area (Å²) in [6, 6.07) is -0.360. The number of carbonyl (C=O) groups is 1. The van der Waals surface area contributed by atoms with Crippen molar-refractivity contribution in [3.63, 3.8) is 0 Å². The van der Waals surface area contributed by atoms with Gasteiger partial charge in [0, 0.05) is 6.04 Å². The van der Waals surface area contributed by atoms with E-state index in [1.54, 1.807) is 0 Å². The van der Waals surface area contributed by atoms with E-state index in [1.807, 2.05) is 27.7 Å². The average Bonchev–Trinajstić information content (AvgIpc) is 1.97. The molecule has 0 radical (unpaired) electrons. The van der Waals surface area contributed by atoms with Crippen molar-refractivity contribution >= 4 is 11.9 Å². The molecule has 0 bridgehead atoms. The van der Waals surface area contributed by atoms with Crippen LogP contribution in [0.3, 0.4) is 0 Å². The molecule has 82 valence electrons. The van der Waals surface area contributed by atoms with Crippen molar-refractivity contribution in [3.8, 4) is 0 Å². The lowest BCUT2D eigenvalue weighted by Gasteiger charge is -2.15. The molecule has 5 heteroatoms. The second kappa shape index (κ2) is 5.47. The van der Waals surface area contributed by atoms with Crippen LogP contribution >= 0.6 is 0 Å². The van der Waals surface area contributed by atoms with Crippen LogP contribution in [0, 0.1) is 5.92 Å². The quantitative estimate of drug-likeness (QED) is 0.433. The maximum Gasteiger partial charge on any atom is 0.242 e. The number of nitrogens with two attached hydrogens (primary N) is 2. The van der Waals surface area contributed by atoms with Gasteiger partial charge in [-0.05, 0) is 19.8 Å². The third-order valence-corrected chi connectivity index (χ3v) is 1.64. The van der Waals surface area contributed by atoms with Crippen LogP contribution in [0.2, 0.25) is 0 Å². The zero-order valence-corrected chi connectivity index (χ0v) is 9.24. The third kappa shape index (κ3) is 4.69. The Labute approximate surface area is 84.9 Å². The lowest BCUT2D eigenvalue weighted by molar-refractivity contribution is -0.120. The number of rotatable bonds is 4. The van der Waals surface area contributed by atoms with Crippen molar-refractivity contribution in [3.05, 3.63) is 0 Å². The van der Waals surface area contributed by atoms with E-state index in [2.05, 4.69) is 10.3 Å². The summed E-state index contributed by atoms with van der Waals surface area (Å²) in [5.41, 5.74) is 10.8. The zero-order chi connectivity index (χ0) is 11.3. The van der Waals surface area contributed by atoms with E-state index >= 15 is 0 Å². The average molecular weight is 200 g/mol. The van der Waals surface area contributed by atoms with E-state index in [-0.39, 0.29) is 17.9 Å². The van der Waals surface area contributed by atoms with Crippen LogP contribution in [0.4, 0.5) is 0 Å². The van der Waals surface area contributed by atoms with Crippen LogP contribution in [0.5, 0.6) is 0 Å². The van der Waals surface area contributed by atoms with Gasteiger partial charge in [0.05, 0.1) is 0 Å². The van der Waals surface area contributed by atoms with Gasteiger partial charge in [-0.2, -0.15) is 0 Å². The zero-order valence-electron chi connectivity index (χ0n) is 9.24. The molecule has 1 unspecified atom stereocenters. The van der Waals surface area contributed by atoms with Crippen LogP contribution in [0.1, 0.15) is 27.7 Å². The van der Waals surface area contributed by atoms with Crippen molar-refractivity contribution in [1.82, 2.24) is 5.32 Å². The summed E-state index contributed by atoms with van der Waals surface area (Å²) in [5.74, 6) is -0.133. The van der Waals surface area contributed by atoms with Crippen LogP contribution < -0.4 is 16.8 Å². The van der Waals surface area contributed by atoms with Crippen molar-refractivity contribution in [2.75, 3.05) is 0 Å². The van der Waals surface area contributed by atoms with Crippen molar-refractivity contribution < 1.29 is 4.79 Å². The minimum absolute atomic E-state index is 0.0556. The minimum atomic E-state index is -0.554. The highest BCUT2D eigenvalue weighted by molar-refractivity contribution is 5.85. The SMILES string of the molecule is CC(C)NC(N)=NC(C(N)=O)C(C)C. The lowest BCUT2D eigenvalue weighted by atomic mass is 10.1. The van der Waals surface area contributed by atoms with Gasteiger partial charge in [0.2, 0.25) is 5.91 Å². The van der Waals surface area contributed by atoms with Crippen molar-refractivity contribution in [2.45, 2.75) is 39.8 Å². The Morgan fingerprint density at radius 3 is 2.00 bits per heavy atom. The highest BCUT2D eigenvalue weighted by atomic mass is 16.1. The summed E-state index contributed by atoms with van der Waals surface area (Å²) in [4.78, 5) is 15.0. The van der Waals surface area contributed by atoms with Gasteiger partial charge in [-0.1, -0.05) is 13.8 Å². The Balaban J connectivity index is 4.47. The number of carbonyl (C=O) groups excluding carboxylic acids is 1. The van der Waals surface area contributed by atoms with Gasteiger partial charge in [-0.15, -0.1) is 0 Å². The summed E-state index contributed by atoms with van der Waals surface area (Å²) in [5, 5.41) is 2.90. The molecule has 0 spiro atoms. The first kappa shape index (κ1) is 12.7. The lowest BCUT2D eigenvalue weighted by Crippen LogP contribution is -2.41. The second-order valence-electron chi connectivity index (χ2n) is 3.90. The first-order valence-electron chi connectivity index (χ1n) is 4.73. The Morgan fingerprint density at radius 2 is 1.71 bits per heavy atom. The summed E-state index contributed by atoms with van der Waals surface area (Å²) in [6.07, 6.45) is 0. The molecule has 5 N–H and O–H groups in total. The van der Waals surface area contributed by atoms with E-state index < -0.39 is 11.9 Å².